The summed E-state index contributed by atoms with van der Waals surface area (Å²) in [5.41, 5.74) is 1.97. The Morgan fingerprint density at radius 1 is 1.12 bits per heavy atom. The van der Waals surface area contributed by atoms with Gasteiger partial charge in [0.1, 0.15) is 16.3 Å². The Bertz CT molecular complexity index is 1370. The summed E-state index contributed by atoms with van der Waals surface area (Å²) in [7, 11) is 0. The molecule has 0 atom stereocenters. The number of ether oxygens (including phenoxy) is 1. The first kappa shape index (κ1) is 21.2. The highest BCUT2D eigenvalue weighted by molar-refractivity contribution is 7.15. The lowest BCUT2D eigenvalue weighted by atomic mass is 10.1. The van der Waals surface area contributed by atoms with Crippen molar-refractivity contribution in [3.63, 3.8) is 0 Å². The molecule has 0 spiro atoms. The number of hydrogen-bond acceptors (Lipinski definition) is 7. The number of pyridine rings is 1. The first-order valence-corrected chi connectivity index (χ1v) is 11.5. The van der Waals surface area contributed by atoms with Crippen LogP contribution in [0.3, 0.4) is 0 Å². The van der Waals surface area contributed by atoms with E-state index in [0.717, 1.165) is 29.2 Å². The second-order valence-electron chi connectivity index (χ2n) is 7.39. The predicted octanol–water partition coefficient (Wildman–Crippen LogP) is 4.26. The highest BCUT2D eigenvalue weighted by Crippen LogP contribution is 2.31. The predicted molar refractivity (Wildman–Crippen MR) is 127 cm³/mol. The van der Waals surface area contributed by atoms with Crippen LogP contribution in [0.4, 0.5) is 5.69 Å². The lowest BCUT2D eigenvalue weighted by molar-refractivity contribution is 0.122. The van der Waals surface area contributed by atoms with Crippen LogP contribution in [-0.4, -0.2) is 45.8 Å². The van der Waals surface area contributed by atoms with Crippen LogP contribution in [-0.2, 0) is 11.2 Å². The number of fused-ring (bicyclic) bond motifs is 1. The zero-order valence-corrected chi connectivity index (χ0v) is 19.1. The maximum atomic E-state index is 12.9. The van der Waals surface area contributed by atoms with Gasteiger partial charge in [-0.2, -0.15) is 0 Å². The van der Waals surface area contributed by atoms with E-state index in [2.05, 4.69) is 14.9 Å². The summed E-state index contributed by atoms with van der Waals surface area (Å²) in [6.45, 7) is 2.78. The maximum absolute atomic E-state index is 12.9. The van der Waals surface area contributed by atoms with Gasteiger partial charge in [0.25, 0.3) is 0 Å². The van der Waals surface area contributed by atoms with Crippen LogP contribution in [0.5, 0.6) is 5.75 Å². The molecule has 4 heterocycles. The molecule has 1 fully saturated rings. The van der Waals surface area contributed by atoms with Crippen molar-refractivity contribution in [2.24, 2.45) is 0 Å². The van der Waals surface area contributed by atoms with Crippen LogP contribution < -0.4 is 10.5 Å². The zero-order valence-electron chi connectivity index (χ0n) is 16.8. The lowest BCUT2D eigenvalue weighted by Crippen LogP contribution is -2.36. The number of benzene rings is 1. The van der Waals surface area contributed by atoms with E-state index in [-0.39, 0.29) is 5.69 Å². The molecule has 0 aliphatic carbocycles. The molecule has 4 aromatic rings. The van der Waals surface area contributed by atoms with Gasteiger partial charge >= 0.3 is 5.56 Å². The molecule has 1 aliphatic heterocycles. The van der Waals surface area contributed by atoms with Crippen molar-refractivity contribution < 1.29 is 9.84 Å². The number of morpholine rings is 1. The van der Waals surface area contributed by atoms with Gasteiger partial charge in [-0.15, -0.1) is 11.3 Å². The molecule has 32 heavy (non-hydrogen) atoms. The molecule has 164 valence electrons. The average molecular weight is 489 g/mol. The molecule has 0 saturated carbocycles. The summed E-state index contributed by atoms with van der Waals surface area (Å²) in [6, 6.07) is 9.17. The van der Waals surface area contributed by atoms with Crippen LogP contribution in [0, 0.1) is 0 Å². The number of aromatic nitrogens is 3. The van der Waals surface area contributed by atoms with Gasteiger partial charge in [-0.25, -0.2) is 9.97 Å². The highest BCUT2D eigenvalue weighted by atomic mass is 35.5. The number of thiazole rings is 1. The molecule has 7 nitrogen and oxygen atoms in total. The molecule has 0 radical (unpaired) electrons. The van der Waals surface area contributed by atoms with Crippen LogP contribution >= 0.6 is 34.5 Å². The van der Waals surface area contributed by atoms with Gasteiger partial charge in [0, 0.05) is 36.8 Å². The van der Waals surface area contributed by atoms with Gasteiger partial charge in [-0.1, -0.05) is 29.3 Å². The van der Waals surface area contributed by atoms with Crippen molar-refractivity contribution >= 4 is 45.9 Å². The van der Waals surface area contributed by atoms with E-state index in [1.807, 2.05) is 18.2 Å². The van der Waals surface area contributed by atoms with Gasteiger partial charge in [-0.3, -0.25) is 9.20 Å². The van der Waals surface area contributed by atoms with Crippen LogP contribution in [0.1, 0.15) is 10.4 Å². The number of nitrogens with zero attached hydrogens (tertiary/aromatic N) is 4. The number of anilines is 1. The fraction of sp³-hybridized carbons (Fsp3) is 0.227. The van der Waals surface area contributed by atoms with E-state index in [0.29, 0.717) is 40.3 Å². The van der Waals surface area contributed by atoms with Crippen LogP contribution in [0.15, 0.2) is 47.5 Å². The van der Waals surface area contributed by atoms with E-state index in [4.69, 9.17) is 27.9 Å². The quantitative estimate of drug-likeness (QED) is 0.462. The number of aromatic hydroxyl groups is 1. The molecule has 0 amide bonds. The Hall–Kier alpha value is -2.65. The van der Waals surface area contributed by atoms with Crippen molar-refractivity contribution in [1.82, 2.24) is 14.4 Å². The summed E-state index contributed by atoms with van der Waals surface area (Å²) in [5, 5.41) is 12.1. The third-order valence-corrected chi connectivity index (χ3v) is 7.02. The van der Waals surface area contributed by atoms with Gasteiger partial charge in [0.2, 0.25) is 5.75 Å². The molecule has 10 heteroatoms. The normalized spacial score (nSPS) is 14.2. The van der Waals surface area contributed by atoms with E-state index >= 15 is 0 Å². The largest absolute Gasteiger partial charge is 0.501 e. The van der Waals surface area contributed by atoms with E-state index < -0.39 is 11.3 Å². The fourth-order valence-corrected chi connectivity index (χ4v) is 4.88. The third-order valence-electron chi connectivity index (χ3n) is 5.28. The molecular weight excluding hydrogens is 471 g/mol. The molecule has 5 rings (SSSR count). The fourth-order valence-electron chi connectivity index (χ4n) is 3.63. The third kappa shape index (κ3) is 4.06. The zero-order chi connectivity index (χ0) is 22.2. The van der Waals surface area contributed by atoms with E-state index in [1.165, 1.54) is 15.7 Å². The van der Waals surface area contributed by atoms with Crippen molar-refractivity contribution in [2.45, 2.75) is 6.42 Å². The highest BCUT2D eigenvalue weighted by Gasteiger charge is 2.19. The van der Waals surface area contributed by atoms with Crippen molar-refractivity contribution in [3.05, 3.63) is 73.6 Å². The van der Waals surface area contributed by atoms with E-state index in [1.54, 1.807) is 24.5 Å². The number of halogens is 2. The summed E-state index contributed by atoms with van der Waals surface area (Å²) >= 11 is 13.5. The minimum absolute atomic E-state index is 0.180. The monoisotopic (exact) mass is 488 g/mol. The van der Waals surface area contributed by atoms with Crippen molar-refractivity contribution in [1.29, 1.82) is 0 Å². The van der Waals surface area contributed by atoms with Gasteiger partial charge in [-0.05, 0) is 29.8 Å². The Balaban J connectivity index is 1.47. The Morgan fingerprint density at radius 2 is 1.94 bits per heavy atom. The molecular formula is C22H18Cl2N4O3S. The topological polar surface area (TPSA) is 80.0 Å². The minimum atomic E-state index is -0.527. The second-order valence-corrected chi connectivity index (χ2v) is 9.32. The smallest absolute Gasteiger partial charge is 0.300 e. The Kier molecular flexibility index (Phi) is 5.77. The van der Waals surface area contributed by atoms with E-state index in [9.17, 15) is 9.90 Å². The summed E-state index contributed by atoms with van der Waals surface area (Å²) < 4.78 is 6.75. The molecule has 0 bridgehead atoms. The summed E-state index contributed by atoms with van der Waals surface area (Å²) in [4.78, 5) is 24.9. The molecule has 3 aromatic heterocycles. The molecule has 1 N–H and O–H groups in total. The van der Waals surface area contributed by atoms with Crippen molar-refractivity contribution in [3.8, 4) is 16.5 Å². The molecule has 0 unspecified atom stereocenters. The van der Waals surface area contributed by atoms with Gasteiger partial charge < -0.3 is 14.7 Å². The Morgan fingerprint density at radius 3 is 2.72 bits per heavy atom. The minimum Gasteiger partial charge on any atom is -0.501 e. The number of hydrogen-bond donors (Lipinski definition) is 1. The first-order valence-electron chi connectivity index (χ1n) is 9.96. The average Bonchev–Trinajstić information content (AvgIpc) is 3.27. The SMILES string of the molecule is O=c1c(O)c(-c2ncc(Cc3ccc(Cl)c(Cl)c3)s2)nc2ccc(N3CCOCC3)cn12. The van der Waals surface area contributed by atoms with Crippen LogP contribution in [0.25, 0.3) is 16.3 Å². The summed E-state index contributed by atoms with van der Waals surface area (Å²) in [6.07, 6.45) is 4.02. The van der Waals surface area contributed by atoms with Crippen molar-refractivity contribution in [2.75, 3.05) is 31.2 Å². The maximum Gasteiger partial charge on any atom is 0.300 e. The lowest BCUT2D eigenvalue weighted by Gasteiger charge is -2.28. The molecule has 1 saturated heterocycles. The Labute approximate surface area is 197 Å². The van der Waals surface area contributed by atoms with Crippen LogP contribution in [0.2, 0.25) is 10.0 Å². The second kappa shape index (κ2) is 8.71. The van der Waals surface area contributed by atoms with Gasteiger partial charge in [0.15, 0.2) is 0 Å². The first-order chi connectivity index (χ1) is 15.5. The standard InChI is InChI=1S/C22H18Cl2N4O3S/c23-16-3-1-13(10-17(16)24)9-15-11-25-21(32-15)19-20(29)22(30)28-12-14(2-4-18(28)26-19)27-5-7-31-8-6-27/h1-4,10-12,29H,5-9H2. The molecule has 1 aliphatic rings. The molecule has 1 aromatic carbocycles. The number of rotatable bonds is 4. The summed E-state index contributed by atoms with van der Waals surface area (Å²) in [5.74, 6) is -0.419. The van der Waals surface area contributed by atoms with Gasteiger partial charge in [0.05, 0.1) is 28.9 Å².